The van der Waals surface area contributed by atoms with Gasteiger partial charge in [-0.25, -0.2) is 4.98 Å². The van der Waals surface area contributed by atoms with Crippen LogP contribution in [0.1, 0.15) is 30.3 Å². The summed E-state index contributed by atoms with van der Waals surface area (Å²) in [6.45, 7) is 3.70. The minimum atomic E-state index is -0.239. The molecule has 4 rings (SSSR count). The molecule has 0 spiro atoms. The highest BCUT2D eigenvalue weighted by Crippen LogP contribution is 2.29. The third-order valence-corrected chi connectivity index (χ3v) is 5.99. The molecule has 0 atom stereocenters. The molecule has 0 aliphatic carbocycles. The molecule has 4 heterocycles. The second-order valence-electron chi connectivity index (χ2n) is 7.88. The summed E-state index contributed by atoms with van der Waals surface area (Å²) in [5.74, 6) is 0.0806. The molecule has 0 radical (unpaired) electrons. The van der Waals surface area contributed by atoms with Crippen LogP contribution in [0.5, 0.6) is 5.88 Å². The summed E-state index contributed by atoms with van der Waals surface area (Å²) < 4.78 is 16.0. The molecule has 2 saturated heterocycles. The predicted octanol–water partition coefficient (Wildman–Crippen LogP) is 1.86. The smallest absolute Gasteiger partial charge is 0.271 e. The lowest BCUT2D eigenvalue weighted by Gasteiger charge is -2.33. The average molecular weight is 464 g/mol. The van der Waals surface area contributed by atoms with Crippen molar-refractivity contribution in [3.63, 3.8) is 0 Å². The van der Waals surface area contributed by atoms with Gasteiger partial charge in [-0.05, 0) is 25.8 Å². The second kappa shape index (κ2) is 9.85. The molecule has 2 fully saturated rings. The summed E-state index contributed by atoms with van der Waals surface area (Å²) >= 11 is 6.23. The molecule has 32 heavy (non-hydrogen) atoms. The first-order valence-electron chi connectivity index (χ1n) is 10.5. The van der Waals surface area contributed by atoms with Gasteiger partial charge in [0.05, 0.1) is 43.3 Å². The Hall–Kier alpha value is -2.69. The van der Waals surface area contributed by atoms with Crippen LogP contribution in [0.15, 0.2) is 18.3 Å². The van der Waals surface area contributed by atoms with Gasteiger partial charge in [-0.1, -0.05) is 11.6 Å². The van der Waals surface area contributed by atoms with Crippen LogP contribution in [0.3, 0.4) is 0 Å². The monoisotopic (exact) mass is 463 g/mol. The van der Waals surface area contributed by atoms with Crippen LogP contribution in [0, 0.1) is 5.92 Å². The van der Waals surface area contributed by atoms with Gasteiger partial charge in [0, 0.05) is 30.6 Å². The van der Waals surface area contributed by atoms with E-state index >= 15 is 0 Å². The number of nitrogens with one attached hydrogen (secondary N) is 2. The van der Waals surface area contributed by atoms with Crippen LogP contribution in [-0.4, -0.2) is 77.6 Å². The van der Waals surface area contributed by atoms with Crippen molar-refractivity contribution in [1.82, 2.24) is 25.4 Å². The van der Waals surface area contributed by atoms with E-state index in [-0.39, 0.29) is 30.1 Å². The van der Waals surface area contributed by atoms with E-state index in [1.54, 1.807) is 17.0 Å². The third-order valence-electron chi connectivity index (χ3n) is 5.69. The molecule has 2 N–H and O–H groups in total. The lowest BCUT2D eigenvalue weighted by molar-refractivity contribution is -0.181. The number of ether oxygens (including phenoxy) is 3. The molecule has 2 aromatic heterocycles. The van der Waals surface area contributed by atoms with Crippen molar-refractivity contribution in [1.29, 1.82) is 0 Å². The molecule has 2 aliphatic heterocycles. The number of piperidine rings is 1. The Labute approximate surface area is 190 Å². The number of nitrogens with zero attached hydrogens (tertiary/aromatic N) is 3. The normalized spacial score (nSPS) is 21.9. The van der Waals surface area contributed by atoms with Crippen molar-refractivity contribution in [2.24, 2.45) is 5.92 Å². The highest BCUT2D eigenvalue weighted by Gasteiger charge is 2.30. The molecule has 2 aromatic rings. The highest BCUT2D eigenvalue weighted by molar-refractivity contribution is 6.33. The van der Waals surface area contributed by atoms with E-state index in [9.17, 15) is 9.59 Å². The first kappa shape index (κ1) is 22.5. The van der Waals surface area contributed by atoms with E-state index in [0.717, 1.165) is 0 Å². The molecule has 11 heteroatoms. The van der Waals surface area contributed by atoms with Crippen molar-refractivity contribution in [2.45, 2.75) is 32.1 Å². The molecular formula is C21H26ClN5O5. The van der Waals surface area contributed by atoms with Gasteiger partial charge >= 0.3 is 0 Å². The van der Waals surface area contributed by atoms with E-state index in [2.05, 4.69) is 20.5 Å². The molecule has 0 bridgehead atoms. The number of rotatable bonds is 5. The van der Waals surface area contributed by atoms with Crippen molar-refractivity contribution in [3.8, 4) is 17.1 Å². The van der Waals surface area contributed by atoms with E-state index in [0.29, 0.717) is 67.0 Å². The van der Waals surface area contributed by atoms with Crippen LogP contribution in [0.2, 0.25) is 5.02 Å². The van der Waals surface area contributed by atoms with Gasteiger partial charge in [-0.15, -0.1) is 0 Å². The van der Waals surface area contributed by atoms with Crippen molar-refractivity contribution in [3.05, 3.63) is 29.0 Å². The fourth-order valence-corrected chi connectivity index (χ4v) is 4.01. The Balaban J connectivity index is 1.33. The van der Waals surface area contributed by atoms with Gasteiger partial charge in [0.2, 0.25) is 11.8 Å². The summed E-state index contributed by atoms with van der Waals surface area (Å²) in [6.07, 6.45) is 2.43. The maximum absolute atomic E-state index is 12.9. The number of carbonyl (C=O) groups is 2. The Morgan fingerprint density at radius 3 is 2.66 bits per heavy atom. The zero-order chi connectivity index (χ0) is 22.7. The number of aromatic amines is 1. The van der Waals surface area contributed by atoms with Crippen LogP contribution < -0.4 is 10.1 Å². The lowest BCUT2D eigenvalue weighted by Crippen LogP contribution is -2.50. The second-order valence-corrected chi connectivity index (χ2v) is 8.29. The zero-order valence-electron chi connectivity index (χ0n) is 18.0. The SMILES string of the molecule is COc1cc(-c2cc(C(=O)N3CCC(C(=O)NC4COC(C)OC4)CC3)[nH]n2)c(Cl)cn1. The number of carbonyl (C=O) groups excluding carboxylic acids is 2. The number of likely N-dealkylation sites (tertiary alicyclic amines) is 1. The minimum absolute atomic E-state index is 0.0195. The van der Waals surface area contributed by atoms with Gasteiger partial charge in [-0.3, -0.25) is 14.7 Å². The van der Waals surface area contributed by atoms with E-state index in [1.807, 2.05) is 6.92 Å². The molecule has 0 saturated carbocycles. The number of hydrogen-bond donors (Lipinski definition) is 2. The Morgan fingerprint density at radius 1 is 1.25 bits per heavy atom. The van der Waals surface area contributed by atoms with Crippen LogP contribution in [0.25, 0.3) is 11.3 Å². The largest absolute Gasteiger partial charge is 0.481 e. The molecular weight excluding hydrogens is 438 g/mol. The summed E-state index contributed by atoms with van der Waals surface area (Å²) in [5.41, 5.74) is 1.51. The molecule has 2 aliphatic rings. The first-order valence-corrected chi connectivity index (χ1v) is 10.9. The van der Waals surface area contributed by atoms with E-state index in [4.69, 9.17) is 25.8 Å². The van der Waals surface area contributed by atoms with E-state index in [1.165, 1.54) is 13.3 Å². The highest BCUT2D eigenvalue weighted by atomic mass is 35.5. The number of hydrogen-bond acceptors (Lipinski definition) is 7. The van der Waals surface area contributed by atoms with Gasteiger partial charge < -0.3 is 24.4 Å². The Bertz CT molecular complexity index is 967. The third kappa shape index (κ3) is 5.03. The number of halogens is 1. The summed E-state index contributed by atoms with van der Waals surface area (Å²) in [7, 11) is 1.51. The maximum Gasteiger partial charge on any atom is 0.271 e. The summed E-state index contributed by atoms with van der Waals surface area (Å²) in [5, 5.41) is 10.4. The van der Waals surface area contributed by atoms with Crippen LogP contribution >= 0.6 is 11.6 Å². The quantitative estimate of drug-likeness (QED) is 0.694. The minimum Gasteiger partial charge on any atom is -0.481 e. The van der Waals surface area contributed by atoms with Crippen molar-refractivity contribution in [2.75, 3.05) is 33.4 Å². The van der Waals surface area contributed by atoms with Gasteiger partial charge in [-0.2, -0.15) is 5.10 Å². The molecule has 2 amide bonds. The number of aromatic nitrogens is 3. The molecule has 10 nitrogen and oxygen atoms in total. The van der Waals surface area contributed by atoms with E-state index < -0.39 is 0 Å². The van der Waals surface area contributed by atoms with Gasteiger partial charge in [0.1, 0.15) is 5.69 Å². The average Bonchev–Trinajstić information content (AvgIpc) is 3.30. The van der Waals surface area contributed by atoms with Gasteiger partial charge in [0.15, 0.2) is 6.29 Å². The maximum atomic E-state index is 12.9. The number of methoxy groups -OCH3 is 1. The molecule has 0 aromatic carbocycles. The fraction of sp³-hybridized carbons (Fsp3) is 0.524. The zero-order valence-corrected chi connectivity index (χ0v) is 18.7. The topological polar surface area (TPSA) is 119 Å². The predicted molar refractivity (Wildman–Crippen MR) is 115 cm³/mol. The molecule has 0 unspecified atom stereocenters. The summed E-state index contributed by atoms with van der Waals surface area (Å²) in [4.78, 5) is 31.3. The number of H-pyrrole nitrogens is 1. The van der Waals surface area contributed by atoms with Crippen LogP contribution in [-0.2, 0) is 14.3 Å². The Morgan fingerprint density at radius 2 is 1.97 bits per heavy atom. The standard InChI is InChI=1S/C21H26ClN5O5/c1-12-31-10-14(11-32-12)24-20(28)13-3-5-27(6-4-13)21(29)18-8-17(25-26-18)15-7-19(30-2)23-9-16(15)22/h7-9,12-14H,3-6,10-11H2,1-2H3,(H,24,28)(H,25,26). The number of amides is 2. The Kier molecular flexibility index (Phi) is 6.92. The first-order chi connectivity index (χ1) is 15.4. The van der Waals surface area contributed by atoms with Crippen molar-refractivity contribution < 1.29 is 23.8 Å². The fourth-order valence-electron chi connectivity index (χ4n) is 3.81. The van der Waals surface area contributed by atoms with Gasteiger partial charge in [0.25, 0.3) is 5.91 Å². The van der Waals surface area contributed by atoms with Crippen molar-refractivity contribution >= 4 is 23.4 Å². The molecule has 172 valence electrons. The van der Waals surface area contributed by atoms with Crippen LogP contribution in [0.4, 0.5) is 0 Å². The number of pyridine rings is 1. The lowest BCUT2D eigenvalue weighted by atomic mass is 9.95. The summed E-state index contributed by atoms with van der Waals surface area (Å²) in [6, 6.07) is 3.19.